The summed E-state index contributed by atoms with van der Waals surface area (Å²) in [4.78, 5) is 32.2. The number of benzene rings is 2. The molecular weight excluding hydrogens is 573 g/mol. The molecule has 2 N–H and O–H groups in total. The van der Waals surface area contributed by atoms with E-state index in [2.05, 4.69) is 33.7 Å². The number of imidazole rings is 1. The number of sulfonamides is 1. The Labute approximate surface area is 251 Å². The van der Waals surface area contributed by atoms with Gasteiger partial charge in [-0.15, -0.1) is 6.58 Å². The van der Waals surface area contributed by atoms with Crippen molar-refractivity contribution in [2.24, 2.45) is 5.92 Å². The Morgan fingerprint density at radius 2 is 1.84 bits per heavy atom. The van der Waals surface area contributed by atoms with Crippen LogP contribution in [-0.4, -0.2) is 61.5 Å². The fraction of sp³-hybridized carbons (Fsp3) is 0.452. The fourth-order valence-electron chi connectivity index (χ4n) is 6.08. The largest absolute Gasteiger partial charge is 0.469 e. The summed E-state index contributed by atoms with van der Waals surface area (Å²) in [7, 11) is -2.80. The lowest BCUT2D eigenvalue weighted by atomic mass is 9.86. The van der Waals surface area contributed by atoms with Crippen LogP contribution in [0.15, 0.2) is 53.9 Å². The number of halogens is 1. The summed E-state index contributed by atoms with van der Waals surface area (Å²) in [5.74, 6) is -1.65. The maximum Gasteiger partial charge on any atom is 0.308 e. The lowest BCUT2D eigenvalue weighted by Crippen LogP contribution is -2.29. The first-order valence-corrected chi connectivity index (χ1v) is 16.2. The van der Waals surface area contributed by atoms with Crippen LogP contribution in [0.2, 0.25) is 0 Å². The molecule has 2 heterocycles. The van der Waals surface area contributed by atoms with E-state index >= 15 is 0 Å². The molecule has 0 atom stereocenters. The molecule has 5 rings (SSSR count). The summed E-state index contributed by atoms with van der Waals surface area (Å²) in [6, 6.07) is 9.31. The Morgan fingerprint density at radius 1 is 1.09 bits per heavy atom. The van der Waals surface area contributed by atoms with Crippen molar-refractivity contribution in [2.75, 3.05) is 32.1 Å². The first kappa shape index (κ1) is 30.8. The Morgan fingerprint density at radius 3 is 2.53 bits per heavy atom. The second kappa shape index (κ2) is 13.4. The van der Waals surface area contributed by atoms with Crippen molar-refractivity contribution in [2.45, 2.75) is 62.4 Å². The van der Waals surface area contributed by atoms with Gasteiger partial charge in [0.15, 0.2) is 0 Å². The molecule has 12 heteroatoms. The quantitative estimate of drug-likeness (QED) is 0.250. The predicted octanol–water partition coefficient (Wildman–Crippen LogP) is 4.78. The van der Waals surface area contributed by atoms with Gasteiger partial charge in [-0.2, -0.15) is 0 Å². The number of fused-ring (bicyclic) bond motifs is 1. The minimum Gasteiger partial charge on any atom is -0.469 e. The summed E-state index contributed by atoms with van der Waals surface area (Å²) >= 11 is 0. The molecule has 1 amide bonds. The molecule has 3 aromatic rings. The van der Waals surface area contributed by atoms with Gasteiger partial charge in [0.05, 0.1) is 24.1 Å². The van der Waals surface area contributed by atoms with Crippen molar-refractivity contribution in [1.82, 2.24) is 19.2 Å². The molecule has 1 saturated carbocycles. The number of rotatable bonds is 10. The van der Waals surface area contributed by atoms with Crippen LogP contribution in [0.25, 0.3) is 11.0 Å². The molecule has 10 nitrogen and oxygen atoms in total. The number of methoxy groups -OCH3 is 1. The van der Waals surface area contributed by atoms with Crippen LogP contribution in [0.3, 0.4) is 0 Å². The maximum atomic E-state index is 14.5. The summed E-state index contributed by atoms with van der Waals surface area (Å²) in [6.45, 7) is 6.34. The minimum atomic E-state index is -4.20. The van der Waals surface area contributed by atoms with E-state index in [9.17, 15) is 22.4 Å². The van der Waals surface area contributed by atoms with Gasteiger partial charge >= 0.3 is 5.97 Å². The average Bonchev–Trinajstić information content (AvgIpc) is 3.37. The van der Waals surface area contributed by atoms with Crippen molar-refractivity contribution in [1.29, 1.82) is 0 Å². The zero-order valence-electron chi connectivity index (χ0n) is 24.4. The number of likely N-dealkylation sites (tertiary alicyclic amines) is 1. The topological polar surface area (TPSA) is 123 Å². The maximum absolute atomic E-state index is 14.5. The Kier molecular flexibility index (Phi) is 9.58. The van der Waals surface area contributed by atoms with E-state index in [4.69, 9.17) is 9.72 Å². The predicted molar refractivity (Wildman–Crippen MR) is 162 cm³/mol. The zero-order chi connectivity index (χ0) is 30.6. The van der Waals surface area contributed by atoms with Crippen LogP contribution in [-0.2, 0) is 26.1 Å². The third kappa shape index (κ3) is 6.97. The van der Waals surface area contributed by atoms with Crippen molar-refractivity contribution in [3.05, 3.63) is 66.0 Å². The summed E-state index contributed by atoms with van der Waals surface area (Å²) in [5.41, 5.74) is 2.71. The molecule has 230 valence electrons. The van der Waals surface area contributed by atoms with E-state index in [1.165, 1.54) is 38.5 Å². The molecule has 1 aliphatic carbocycles. The second-order valence-corrected chi connectivity index (χ2v) is 13.0. The highest BCUT2D eigenvalue weighted by Crippen LogP contribution is 2.37. The summed E-state index contributed by atoms with van der Waals surface area (Å²) in [6.07, 6.45) is 7.66. The number of carbonyl (C=O) groups is 2. The number of piperidine rings is 1. The SMILES string of the molecule is C=CCNS(=O)(=O)c1cc(C(=O)Nc2nc3ccc(CN4CCCCC4)cc3n2C2CCC(C(=O)OC)CC2)ccc1F. The van der Waals surface area contributed by atoms with E-state index in [0.717, 1.165) is 42.8 Å². The molecule has 43 heavy (non-hydrogen) atoms. The average molecular weight is 612 g/mol. The number of esters is 1. The number of ether oxygens (including phenoxy) is 1. The summed E-state index contributed by atoms with van der Waals surface area (Å²) < 4.78 is 49.0. The smallest absolute Gasteiger partial charge is 0.308 e. The lowest BCUT2D eigenvalue weighted by molar-refractivity contribution is -0.146. The Hall–Kier alpha value is -3.61. The van der Waals surface area contributed by atoms with E-state index < -0.39 is 26.6 Å². The lowest BCUT2D eigenvalue weighted by Gasteiger charge is -2.29. The minimum absolute atomic E-state index is 0.0285. The van der Waals surface area contributed by atoms with E-state index in [-0.39, 0.29) is 30.0 Å². The van der Waals surface area contributed by atoms with Crippen molar-refractivity contribution in [3.63, 3.8) is 0 Å². The second-order valence-electron chi connectivity index (χ2n) is 11.2. The fourth-order valence-corrected chi connectivity index (χ4v) is 7.18. The number of aromatic nitrogens is 2. The normalized spacial score (nSPS) is 19.7. The molecule has 1 aliphatic heterocycles. The number of hydrogen-bond acceptors (Lipinski definition) is 7. The number of nitrogens with zero attached hydrogens (tertiary/aromatic N) is 3. The molecule has 1 saturated heterocycles. The number of hydrogen-bond donors (Lipinski definition) is 2. The van der Waals surface area contributed by atoms with E-state index in [1.807, 2.05) is 10.6 Å². The van der Waals surface area contributed by atoms with Gasteiger partial charge in [-0.25, -0.2) is 22.5 Å². The van der Waals surface area contributed by atoms with E-state index in [1.54, 1.807) is 0 Å². The van der Waals surface area contributed by atoms with Crippen LogP contribution in [0.5, 0.6) is 0 Å². The summed E-state index contributed by atoms with van der Waals surface area (Å²) in [5, 5.41) is 2.86. The molecule has 0 unspecified atom stereocenters. The van der Waals surface area contributed by atoms with Crippen LogP contribution in [0.1, 0.15) is 66.9 Å². The molecule has 1 aromatic heterocycles. The van der Waals surface area contributed by atoms with Gasteiger partial charge in [0, 0.05) is 24.7 Å². The van der Waals surface area contributed by atoms with Crippen molar-refractivity contribution in [3.8, 4) is 0 Å². The molecule has 0 spiro atoms. The van der Waals surface area contributed by atoms with Gasteiger partial charge in [-0.3, -0.25) is 19.8 Å². The molecule has 2 aliphatic rings. The Bertz CT molecular complexity index is 1610. The molecule has 0 radical (unpaired) electrons. The number of carbonyl (C=O) groups excluding carboxylic acids is 2. The number of nitrogens with one attached hydrogen (secondary N) is 2. The standard InChI is InChI=1S/C31H38FN5O5S/c1-3-15-33-43(40,41)28-19-23(10-13-25(28)32)29(38)35-31-34-26-14-7-21(20-36-16-5-4-6-17-36)18-27(26)37(31)24-11-8-22(9-12-24)30(39)42-2/h3,7,10,13-14,18-19,22,24,33H,1,4-6,8-9,11-12,15-17,20H2,2H3,(H,34,35,38). The molecule has 0 bridgehead atoms. The highest BCUT2D eigenvalue weighted by molar-refractivity contribution is 7.89. The van der Waals surface area contributed by atoms with Crippen LogP contribution < -0.4 is 10.0 Å². The van der Waals surface area contributed by atoms with Crippen LogP contribution in [0.4, 0.5) is 10.3 Å². The first-order valence-electron chi connectivity index (χ1n) is 14.7. The van der Waals surface area contributed by atoms with Crippen molar-refractivity contribution < 1.29 is 27.1 Å². The number of amides is 1. The van der Waals surface area contributed by atoms with Gasteiger partial charge in [0.2, 0.25) is 16.0 Å². The van der Waals surface area contributed by atoms with Gasteiger partial charge in [-0.05, 0) is 87.5 Å². The third-order valence-electron chi connectivity index (χ3n) is 8.33. The highest BCUT2D eigenvalue weighted by atomic mass is 32.2. The van der Waals surface area contributed by atoms with Gasteiger partial charge in [0.25, 0.3) is 5.91 Å². The van der Waals surface area contributed by atoms with Crippen molar-refractivity contribution >= 4 is 38.9 Å². The van der Waals surface area contributed by atoms with Gasteiger partial charge < -0.3 is 9.30 Å². The monoisotopic (exact) mass is 611 g/mol. The third-order valence-corrected chi connectivity index (χ3v) is 9.77. The first-order chi connectivity index (χ1) is 20.7. The Balaban J connectivity index is 1.47. The molecular formula is C31H38FN5O5S. The molecule has 2 aromatic carbocycles. The van der Waals surface area contributed by atoms with Crippen LogP contribution >= 0.6 is 0 Å². The zero-order valence-corrected chi connectivity index (χ0v) is 25.2. The molecule has 2 fully saturated rings. The number of anilines is 1. The van der Waals surface area contributed by atoms with Gasteiger partial charge in [-0.1, -0.05) is 18.6 Å². The van der Waals surface area contributed by atoms with Crippen LogP contribution in [0, 0.1) is 11.7 Å². The highest BCUT2D eigenvalue weighted by Gasteiger charge is 2.31. The van der Waals surface area contributed by atoms with E-state index in [0.29, 0.717) is 37.1 Å². The van der Waals surface area contributed by atoms with Gasteiger partial charge in [0.1, 0.15) is 10.7 Å².